The zero-order valence-corrected chi connectivity index (χ0v) is 10.3. The molecule has 1 aliphatic heterocycles. The Balaban J connectivity index is 2.16. The van der Waals surface area contributed by atoms with Crippen LogP contribution in [0.3, 0.4) is 0 Å². The van der Waals surface area contributed by atoms with Crippen LogP contribution in [0.4, 0.5) is 0 Å². The monoisotopic (exact) mass is 240 g/mol. The number of aryl methyl sites for hydroxylation is 2. The Labute approximate surface area is 106 Å². The van der Waals surface area contributed by atoms with E-state index in [9.17, 15) is 5.21 Å². The summed E-state index contributed by atoms with van der Waals surface area (Å²) in [5.41, 5.74) is 6.31. The highest BCUT2D eigenvalue weighted by Crippen LogP contribution is 2.36. The van der Waals surface area contributed by atoms with Crippen molar-refractivity contribution in [2.75, 3.05) is 0 Å². The highest BCUT2D eigenvalue weighted by atomic mass is 16.4. The molecule has 92 valence electrons. The van der Waals surface area contributed by atoms with Gasteiger partial charge in [0.15, 0.2) is 0 Å². The van der Waals surface area contributed by atoms with Gasteiger partial charge in [-0.3, -0.25) is 0 Å². The molecule has 1 N–H and O–H groups in total. The van der Waals surface area contributed by atoms with Crippen molar-refractivity contribution in [3.05, 3.63) is 35.0 Å². The molecule has 0 saturated heterocycles. The average Bonchev–Trinajstić information content (AvgIpc) is 2.77. The molecule has 18 heavy (non-hydrogen) atoms. The predicted molar refractivity (Wildman–Crippen MR) is 71.5 cm³/mol. The lowest BCUT2D eigenvalue weighted by molar-refractivity contribution is 0.317. The Morgan fingerprint density at radius 1 is 1.11 bits per heavy atom. The van der Waals surface area contributed by atoms with Gasteiger partial charge in [0.25, 0.3) is 0 Å². The molecule has 1 aromatic heterocycles. The highest BCUT2D eigenvalue weighted by Gasteiger charge is 2.27. The second-order valence-corrected chi connectivity index (χ2v) is 5.29. The van der Waals surface area contributed by atoms with Gasteiger partial charge in [-0.25, -0.2) is 0 Å². The maximum Gasteiger partial charge on any atom is 0.0892 e. The standard InChI is InChI=1S/C15H16N2O/c18-16-12-7-2-8-13-14(12)11-6-1-4-10-5-3-9-17(13)15(10)11/h1,4,6,18H,2-3,5,7-9H2/b16-12+. The minimum Gasteiger partial charge on any atom is -0.411 e. The molecule has 1 aliphatic carbocycles. The van der Waals surface area contributed by atoms with Crippen LogP contribution in [-0.2, 0) is 19.4 Å². The number of hydrogen-bond acceptors (Lipinski definition) is 2. The van der Waals surface area contributed by atoms with E-state index >= 15 is 0 Å². The van der Waals surface area contributed by atoms with E-state index in [0.29, 0.717) is 0 Å². The molecule has 0 spiro atoms. The number of oxime groups is 1. The third kappa shape index (κ3) is 1.17. The zero-order chi connectivity index (χ0) is 12.1. The third-order valence-corrected chi connectivity index (χ3v) is 4.34. The van der Waals surface area contributed by atoms with Crippen molar-refractivity contribution < 1.29 is 5.21 Å². The Hall–Kier alpha value is -1.77. The lowest BCUT2D eigenvalue weighted by Crippen LogP contribution is -2.15. The number of benzene rings is 1. The highest BCUT2D eigenvalue weighted by molar-refractivity contribution is 6.13. The molecule has 0 saturated carbocycles. The summed E-state index contributed by atoms with van der Waals surface area (Å²) in [5.74, 6) is 0. The minimum atomic E-state index is 0.874. The quantitative estimate of drug-likeness (QED) is 0.557. The van der Waals surface area contributed by atoms with E-state index in [0.717, 1.165) is 31.5 Å². The summed E-state index contributed by atoms with van der Waals surface area (Å²) in [6.07, 6.45) is 5.50. The second kappa shape index (κ2) is 3.61. The summed E-state index contributed by atoms with van der Waals surface area (Å²) < 4.78 is 2.47. The van der Waals surface area contributed by atoms with Gasteiger partial charge in [-0.2, -0.15) is 0 Å². The van der Waals surface area contributed by atoms with Crippen LogP contribution in [0.25, 0.3) is 10.9 Å². The third-order valence-electron chi connectivity index (χ3n) is 4.34. The normalized spacial score (nSPS) is 20.3. The van der Waals surface area contributed by atoms with Gasteiger partial charge in [-0.1, -0.05) is 23.4 Å². The first-order valence-electron chi connectivity index (χ1n) is 6.74. The van der Waals surface area contributed by atoms with Crippen LogP contribution in [-0.4, -0.2) is 15.5 Å². The predicted octanol–water partition coefficient (Wildman–Crippen LogP) is 3.10. The van der Waals surface area contributed by atoms with Crippen molar-refractivity contribution >= 4 is 16.6 Å². The van der Waals surface area contributed by atoms with E-state index in [1.54, 1.807) is 0 Å². The van der Waals surface area contributed by atoms with Crippen LogP contribution in [0.5, 0.6) is 0 Å². The molecule has 0 atom stereocenters. The van der Waals surface area contributed by atoms with Gasteiger partial charge in [0.1, 0.15) is 0 Å². The van der Waals surface area contributed by atoms with E-state index in [2.05, 4.69) is 27.9 Å². The summed E-state index contributed by atoms with van der Waals surface area (Å²) in [6, 6.07) is 6.55. The van der Waals surface area contributed by atoms with E-state index in [-0.39, 0.29) is 0 Å². The maximum atomic E-state index is 9.24. The average molecular weight is 240 g/mol. The van der Waals surface area contributed by atoms with Gasteiger partial charge in [0.05, 0.1) is 11.2 Å². The SMILES string of the molecule is O/N=C1\CCCc2c1c1cccc3c1n2CCC3. The number of nitrogens with zero attached hydrogens (tertiary/aromatic N) is 2. The zero-order valence-electron chi connectivity index (χ0n) is 10.3. The fourth-order valence-electron chi connectivity index (χ4n) is 3.64. The minimum absolute atomic E-state index is 0.874. The van der Waals surface area contributed by atoms with Crippen LogP contribution >= 0.6 is 0 Å². The summed E-state index contributed by atoms with van der Waals surface area (Å²) in [7, 11) is 0. The van der Waals surface area contributed by atoms with Gasteiger partial charge in [0, 0.05) is 23.2 Å². The molecule has 3 heteroatoms. The first-order chi connectivity index (χ1) is 8.90. The first kappa shape index (κ1) is 10.2. The maximum absolute atomic E-state index is 9.24. The number of rotatable bonds is 0. The molecule has 0 radical (unpaired) electrons. The summed E-state index contributed by atoms with van der Waals surface area (Å²) in [4.78, 5) is 0. The Morgan fingerprint density at radius 2 is 2.06 bits per heavy atom. The lowest BCUT2D eigenvalue weighted by atomic mass is 9.93. The van der Waals surface area contributed by atoms with Gasteiger partial charge in [-0.05, 0) is 37.7 Å². The van der Waals surface area contributed by atoms with E-state index in [1.807, 2.05) is 0 Å². The van der Waals surface area contributed by atoms with Crippen LogP contribution in [0.2, 0.25) is 0 Å². The molecular weight excluding hydrogens is 224 g/mol. The number of para-hydroxylation sites is 1. The molecule has 2 aromatic rings. The number of aromatic nitrogens is 1. The largest absolute Gasteiger partial charge is 0.411 e. The van der Waals surface area contributed by atoms with E-state index < -0.39 is 0 Å². The van der Waals surface area contributed by atoms with Crippen molar-refractivity contribution in [2.45, 2.75) is 38.6 Å². The Kier molecular flexibility index (Phi) is 2.04. The van der Waals surface area contributed by atoms with Crippen molar-refractivity contribution in [2.24, 2.45) is 5.16 Å². The molecule has 0 amide bonds. The fourth-order valence-corrected chi connectivity index (χ4v) is 3.64. The van der Waals surface area contributed by atoms with Gasteiger partial charge < -0.3 is 9.77 Å². The molecule has 3 nitrogen and oxygen atoms in total. The van der Waals surface area contributed by atoms with Crippen LogP contribution in [0.1, 0.15) is 36.1 Å². The lowest BCUT2D eigenvalue weighted by Gasteiger charge is -2.19. The molecule has 4 rings (SSSR count). The summed E-state index contributed by atoms with van der Waals surface area (Å²) >= 11 is 0. The van der Waals surface area contributed by atoms with Crippen LogP contribution < -0.4 is 0 Å². The molecule has 0 fully saturated rings. The Morgan fingerprint density at radius 3 is 2.94 bits per heavy atom. The summed E-state index contributed by atoms with van der Waals surface area (Å²) in [6.45, 7) is 1.11. The van der Waals surface area contributed by atoms with Crippen LogP contribution in [0, 0.1) is 0 Å². The summed E-state index contributed by atoms with van der Waals surface area (Å²) in [5, 5.41) is 14.1. The van der Waals surface area contributed by atoms with Crippen LogP contribution in [0.15, 0.2) is 23.4 Å². The van der Waals surface area contributed by atoms with E-state index in [1.165, 1.54) is 40.6 Å². The van der Waals surface area contributed by atoms with Crippen molar-refractivity contribution in [1.82, 2.24) is 4.57 Å². The molecule has 2 aliphatic rings. The molecule has 2 heterocycles. The second-order valence-electron chi connectivity index (χ2n) is 5.29. The molecule has 1 aromatic carbocycles. The van der Waals surface area contributed by atoms with Crippen molar-refractivity contribution in [3.8, 4) is 0 Å². The number of hydrogen-bond donors (Lipinski definition) is 1. The number of fused-ring (bicyclic) bond motifs is 3. The molecule has 0 bridgehead atoms. The van der Waals surface area contributed by atoms with Gasteiger partial charge in [-0.15, -0.1) is 0 Å². The Bertz CT molecular complexity index is 667. The van der Waals surface area contributed by atoms with Gasteiger partial charge >= 0.3 is 0 Å². The topological polar surface area (TPSA) is 37.5 Å². The first-order valence-corrected chi connectivity index (χ1v) is 6.74. The molecular formula is C15H16N2O. The van der Waals surface area contributed by atoms with Crippen molar-refractivity contribution in [1.29, 1.82) is 0 Å². The fraction of sp³-hybridized carbons (Fsp3) is 0.400. The van der Waals surface area contributed by atoms with Crippen molar-refractivity contribution in [3.63, 3.8) is 0 Å². The van der Waals surface area contributed by atoms with Gasteiger partial charge in [0.2, 0.25) is 0 Å². The molecule has 0 unspecified atom stereocenters. The van der Waals surface area contributed by atoms with E-state index in [4.69, 9.17) is 0 Å². The smallest absolute Gasteiger partial charge is 0.0892 e.